The van der Waals surface area contributed by atoms with Crippen LogP contribution < -0.4 is 0 Å². The molecule has 2 rings (SSSR count). The van der Waals surface area contributed by atoms with E-state index in [0.717, 1.165) is 24.0 Å². The Morgan fingerprint density at radius 1 is 0.696 bits per heavy atom. The largest absolute Gasteiger partial charge is 0.507 e. The molecule has 0 bridgehead atoms. The first kappa shape index (κ1) is 17.6. The van der Waals surface area contributed by atoms with E-state index < -0.39 is 0 Å². The van der Waals surface area contributed by atoms with Crippen LogP contribution in [-0.2, 0) is 12.8 Å². The van der Waals surface area contributed by atoms with E-state index in [1.54, 1.807) is 0 Å². The van der Waals surface area contributed by atoms with Crippen LogP contribution in [0.3, 0.4) is 0 Å². The van der Waals surface area contributed by atoms with Gasteiger partial charge in [-0.25, -0.2) is 0 Å². The van der Waals surface area contributed by atoms with Crippen molar-refractivity contribution in [2.45, 2.75) is 54.4 Å². The van der Waals surface area contributed by atoms with Crippen LogP contribution in [0, 0.1) is 10.8 Å². The predicted molar refractivity (Wildman–Crippen MR) is 99.9 cm³/mol. The molecule has 0 aliphatic rings. The Morgan fingerprint density at radius 3 is 1.65 bits per heavy atom. The highest BCUT2D eigenvalue weighted by Gasteiger charge is 2.14. The van der Waals surface area contributed by atoms with Gasteiger partial charge in [-0.1, -0.05) is 77.9 Å². The normalized spacial score (nSPS) is 12.4. The minimum atomic E-state index is 0.225. The summed E-state index contributed by atoms with van der Waals surface area (Å²) in [4.78, 5) is 0. The van der Waals surface area contributed by atoms with Gasteiger partial charge in [-0.3, -0.25) is 0 Å². The zero-order valence-corrected chi connectivity index (χ0v) is 15.4. The molecule has 0 aliphatic carbocycles. The first-order valence-electron chi connectivity index (χ1n) is 8.45. The average molecular weight is 310 g/mol. The van der Waals surface area contributed by atoms with Gasteiger partial charge >= 0.3 is 0 Å². The summed E-state index contributed by atoms with van der Waals surface area (Å²) in [5, 5.41) is 10.4. The quantitative estimate of drug-likeness (QED) is 0.711. The molecule has 0 spiro atoms. The highest BCUT2D eigenvalue weighted by molar-refractivity contribution is 5.70. The molecule has 1 N–H and O–H groups in total. The van der Waals surface area contributed by atoms with Crippen molar-refractivity contribution in [1.29, 1.82) is 0 Å². The number of phenols is 1. The lowest BCUT2D eigenvalue weighted by molar-refractivity contribution is 0.409. The standard InChI is InChI=1S/C22H30O/c1-21(2,3)14-16-7-10-18(11-8-16)19-12-9-17(13-20(19)23)15-22(4,5)6/h7-13,23H,14-15H2,1-6H3. The van der Waals surface area contributed by atoms with Crippen LogP contribution in [0.5, 0.6) is 5.75 Å². The molecule has 1 heteroatoms. The van der Waals surface area contributed by atoms with Crippen molar-refractivity contribution >= 4 is 0 Å². The van der Waals surface area contributed by atoms with Gasteiger partial charge in [0, 0.05) is 5.56 Å². The summed E-state index contributed by atoms with van der Waals surface area (Å²) >= 11 is 0. The number of aromatic hydroxyl groups is 1. The fourth-order valence-electron chi connectivity index (χ4n) is 2.96. The summed E-state index contributed by atoms with van der Waals surface area (Å²) < 4.78 is 0. The fourth-order valence-corrected chi connectivity index (χ4v) is 2.96. The van der Waals surface area contributed by atoms with Crippen molar-refractivity contribution in [3.8, 4) is 16.9 Å². The molecule has 0 heterocycles. The van der Waals surface area contributed by atoms with Crippen molar-refractivity contribution in [3.63, 3.8) is 0 Å². The van der Waals surface area contributed by atoms with Crippen molar-refractivity contribution in [2.75, 3.05) is 0 Å². The molecule has 0 amide bonds. The highest BCUT2D eigenvalue weighted by atomic mass is 16.3. The first-order chi connectivity index (χ1) is 10.5. The maximum atomic E-state index is 10.4. The van der Waals surface area contributed by atoms with Gasteiger partial charge in [0.2, 0.25) is 0 Å². The molecule has 2 aromatic rings. The second-order valence-electron chi connectivity index (χ2n) is 9.02. The summed E-state index contributed by atoms with van der Waals surface area (Å²) in [5.74, 6) is 0.371. The number of phenolic OH excluding ortho intramolecular Hbond substituents is 1. The van der Waals surface area contributed by atoms with Crippen LogP contribution in [0.15, 0.2) is 42.5 Å². The minimum Gasteiger partial charge on any atom is -0.507 e. The zero-order valence-electron chi connectivity index (χ0n) is 15.4. The Morgan fingerprint density at radius 2 is 1.17 bits per heavy atom. The van der Waals surface area contributed by atoms with Gasteiger partial charge in [-0.05, 0) is 46.4 Å². The maximum absolute atomic E-state index is 10.4. The lowest BCUT2D eigenvalue weighted by atomic mass is 9.86. The van der Waals surface area contributed by atoms with E-state index >= 15 is 0 Å². The van der Waals surface area contributed by atoms with Crippen LogP contribution in [-0.4, -0.2) is 5.11 Å². The molecule has 0 fully saturated rings. The van der Waals surface area contributed by atoms with Gasteiger partial charge in [0.25, 0.3) is 0 Å². The molecule has 2 aromatic carbocycles. The SMILES string of the molecule is CC(C)(C)Cc1ccc(-c2ccc(CC(C)(C)C)cc2O)cc1. The second kappa shape index (κ2) is 6.39. The van der Waals surface area contributed by atoms with Gasteiger partial charge in [0.05, 0.1) is 0 Å². The molecular formula is C22H30O. The smallest absolute Gasteiger partial charge is 0.123 e. The third-order valence-electron chi connectivity index (χ3n) is 3.80. The van der Waals surface area contributed by atoms with E-state index in [2.05, 4.69) is 71.9 Å². The third kappa shape index (κ3) is 5.42. The zero-order chi connectivity index (χ0) is 17.3. The van der Waals surface area contributed by atoms with Gasteiger partial charge in [0.1, 0.15) is 5.75 Å². The van der Waals surface area contributed by atoms with E-state index in [1.165, 1.54) is 11.1 Å². The molecular weight excluding hydrogens is 280 g/mol. The van der Waals surface area contributed by atoms with E-state index in [0.29, 0.717) is 5.75 Å². The summed E-state index contributed by atoms with van der Waals surface area (Å²) in [5.41, 5.74) is 5.02. The van der Waals surface area contributed by atoms with Crippen molar-refractivity contribution in [2.24, 2.45) is 10.8 Å². The summed E-state index contributed by atoms with van der Waals surface area (Å²) in [7, 11) is 0. The molecule has 0 aromatic heterocycles. The van der Waals surface area contributed by atoms with Crippen LogP contribution >= 0.6 is 0 Å². The summed E-state index contributed by atoms with van der Waals surface area (Å²) in [6.07, 6.45) is 2.02. The molecule has 23 heavy (non-hydrogen) atoms. The van der Waals surface area contributed by atoms with Gasteiger partial charge in [-0.2, -0.15) is 0 Å². The molecule has 124 valence electrons. The Kier molecular flexibility index (Phi) is 4.89. The molecule has 0 saturated heterocycles. The number of hydrogen-bond acceptors (Lipinski definition) is 1. The molecule has 0 unspecified atom stereocenters. The average Bonchev–Trinajstić information content (AvgIpc) is 2.36. The van der Waals surface area contributed by atoms with Gasteiger partial charge < -0.3 is 5.11 Å². The molecule has 1 nitrogen and oxygen atoms in total. The van der Waals surface area contributed by atoms with E-state index in [4.69, 9.17) is 0 Å². The third-order valence-corrected chi connectivity index (χ3v) is 3.80. The Bertz CT molecular complexity index is 652. The van der Waals surface area contributed by atoms with Crippen molar-refractivity contribution in [1.82, 2.24) is 0 Å². The Hall–Kier alpha value is -1.76. The Balaban J connectivity index is 2.22. The number of hydrogen-bond donors (Lipinski definition) is 1. The summed E-state index contributed by atoms with van der Waals surface area (Å²) in [6, 6.07) is 14.6. The van der Waals surface area contributed by atoms with E-state index in [9.17, 15) is 5.11 Å². The lowest BCUT2D eigenvalue weighted by Crippen LogP contribution is -2.09. The van der Waals surface area contributed by atoms with Crippen LogP contribution in [0.1, 0.15) is 52.7 Å². The second-order valence-corrected chi connectivity index (χ2v) is 9.02. The molecule has 0 aliphatic heterocycles. The first-order valence-corrected chi connectivity index (χ1v) is 8.45. The fraction of sp³-hybridized carbons (Fsp3) is 0.455. The van der Waals surface area contributed by atoms with Crippen LogP contribution in [0.4, 0.5) is 0 Å². The topological polar surface area (TPSA) is 20.2 Å². The van der Waals surface area contributed by atoms with Gasteiger partial charge in [0.15, 0.2) is 0 Å². The van der Waals surface area contributed by atoms with Crippen LogP contribution in [0.2, 0.25) is 0 Å². The molecule has 0 atom stereocenters. The number of benzene rings is 2. The minimum absolute atomic E-state index is 0.225. The molecule has 0 saturated carbocycles. The maximum Gasteiger partial charge on any atom is 0.123 e. The van der Waals surface area contributed by atoms with E-state index in [1.807, 2.05) is 12.1 Å². The monoisotopic (exact) mass is 310 g/mol. The lowest BCUT2D eigenvalue weighted by Gasteiger charge is -2.19. The molecule has 0 radical (unpaired) electrons. The van der Waals surface area contributed by atoms with Gasteiger partial charge in [-0.15, -0.1) is 0 Å². The highest BCUT2D eigenvalue weighted by Crippen LogP contribution is 2.32. The van der Waals surface area contributed by atoms with Crippen molar-refractivity contribution < 1.29 is 5.11 Å². The summed E-state index contributed by atoms with van der Waals surface area (Å²) in [6.45, 7) is 13.4. The predicted octanol–water partition coefficient (Wildman–Crippen LogP) is 6.24. The Labute approximate surface area is 141 Å². The van der Waals surface area contributed by atoms with E-state index in [-0.39, 0.29) is 10.8 Å². The van der Waals surface area contributed by atoms with Crippen LogP contribution in [0.25, 0.3) is 11.1 Å². The number of rotatable bonds is 3. The van der Waals surface area contributed by atoms with Crippen molar-refractivity contribution in [3.05, 3.63) is 53.6 Å².